The predicted molar refractivity (Wildman–Crippen MR) is 182 cm³/mol. The zero-order chi connectivity index (χ0) is 33.4. The molecule has 2 N–H and O–H groups in total. The van der Waals surface area contributed by atoms with Gasteiger partial charge in [0.1, 0.15) is 17.4 Å². The summed E-state index contributed by atoms with van der Waals surface area (Å²) in [6.45, 7) is 14.4. The van der Waals surface area contributed by atoms with Crippen molar-refractivity contribution in [1.29, 1.82) is 0 Å². The van der Waals surface area contributed by atoms with Crippen molar-refractivity contribution >= 4 is 38.7 Å². The van der Waals surface area contributed by atoms with Gasteiger partial charge in [-0.2, -0.15) is 0 Å². The summed E-state index contributed by atoms with van der Waals surface area (Å²) in [5, 5.41) is -0.229. The molecule has 0 saturated carbocycles. The lowest BCUT2D eigenvalue weighted by Crippen LogP contribution is -2.40. The van der Waals surface area contributed by atoms with E-state index >= 15 is 0 Å². The Labute approximate surface area is 272 Å². The molecule has 0 radical (unpaired) electrons. The van der Waals surface area contributed by atoms with E-state index in [1.807, 2.05) is 47.4 Å². The van der Waals surface area contributed by atoms with Crippen molar-refractivity contribution in [2.75, 3.05) is 36.0 Å². The highest BCUT2D eigenvalue weighted by atomic mass is 32.2. The van der Waals surface area contributed by atoms with Crippen LogP contribution in [0.25, 0.3) is 5.57 Å². The zero-order valence-corrected chi connectivity index (χ0v) is 28.5. The molecule has 1 saturated heterocycles. The van der Waals surface area contributed by atoms with Crippen molar-refractivity contribution in [1.82, 2.24) is 14.9 Å². The Balaban J connectivity index is 1.56. The van der Waals surface area contributed by atoms with E-state index < -0.39 is 21.4 Å². The number of benzene rings is 1. The van der Waals surface area contributed by atoms with Gasteiger partial charge in [-0.1, -0.05) is 70.2 Å². The molecule has 2 aromatic heterocycles. The Morgan fingerprint density at radius 3 is 2.35 bits per heavy atom. The Morgan fingerprint density at radius 2 is 1.76 bits per heavy atom. The topological polar surface area (TPSA) is 127 Å². The van der Waals surface area contributed by atoms with Gasteiger partial charge >= 0.3 is 0 Å². The third kappa shape index (κ3) is 7.17. The SMILES string of the molecule is C[C@@H]1CN(c2nc(C(C)(C)C)c(C3=CCN(C(=O)Cc4ccccc4)CC3)cc2C(=O)CS(=O)(=O)c2cccc(N)n2)C(C)(C)C1. The molecule has 0 unspecified atom stereocenters. The molecule has 2 aliphatic heterocycles. The van der Waals surface area contributed by atoms with Gasteiger partial charge < -0.3 is 15.5 Å². The summed E-state index contributed by atoms with van der Waals surface area (Å²) in [4.78, 5) is 40.4. The molecule has 0 aliphatic carbocycles. The maximum atomic E-state index is 14.1. The fraction of sp³-hybridized carbons (Fsp3) is 0.444. The summed E-state index contributed by atoms with van der Waals surface area (Å²) in [7, 11) is -4.07. The van der Waals surface area contributed by atoms with Gasteiger partial charge in [0.15, 0.2) is 10.8 Å². The number of hydrogen-bond donors (Lipinski definition) is 1. The van der Waals surface area contributed by atoms with Crippen LogP contribution in [0.15, 0.2) is 65.7 Å². The molecule has 10 heteroatoms. The standard InChI is InChI=1S/C36H45N5O4S/c1-24-21-36(5,6)41(22-24)34-28(29(42)23-46(44,45)31-14-10-13-30(37)38-31)20-27(33(39-34)35(2,3)4)26-15-17-40(18-16-26)32(43)19-25-11-8-7-9-12-25/h7-15,20,24H,16-19,21-23H2,1-6H3,(H2,37,38)/t24-/m0/s1. The molecule has 1 aromatic carbocycles. The highest BCUT2D eigenvalue weighted by molar-refractivity contribution is 7.92. The van der Waals surface area contributed by atoms with Crippen LogP contribution in [-0.2, 0) is 26.5 Å². The van der Waals surface area contributed by atoms with E-state index in [1.165, 1.54) is 18.2 Å². The van der Waals surface area contributed by atoms with Crippen LogP contribution < -0.4 is 10.6 Å². The molecule has 0 spiro atoms. The van der Waals surface area contributed by atoms with Crippen molar-refractivity contribution in [2.45, 2.75) is 76.8 Å². The van der Waals surface area contributed by atoms with Gasteiger partial charge in [0, 0.05) is 36.2 Å². The van der Waals surface area contributed by atoms with Gasteiger partial charge in [0.05, 0.1) is 17.7 Å². The van der Waals surface area contributed by atoms with Gasteiger partial charge in [-0.05, 0) is 61.9 Å². The van der Waals surface area contributed by atoms with Crippen LogP contribution in [0.3, 0.4) is 0 Å². The molecule has 1 atom stereocenters. The lowest BCUT2D eigenvalue weighted by Gasteiger charge is -2.36. The number of aromatic nitrogens is 2. The van der Waals surface area contributed by atoms with Gasteiger partial charge in [-0.3, -0.25) is 9.59 Å². The zero-order valence-electron chi connectivity index (χ0n) is 27.7. The third-order valence-electron chi connectivity index (χ3n) is 8.83. The van der Waals surface area contributed by atoms with Crippen LogP contribution >= 0.6 is 0 Å². The van der Waals surface area contributed by atoms with Crippen LogP contribution in [0.2, 0.25) is 0 Å². The fourth-order valence-corrected chi connectivity index (χ4v) is 7.82. The van der Waals surface area contributed by atoms with Crippen molar-refractivity contribution < 1.29 is 18.0 Å². The minimum atomic E-state index is -4.07. The molecule has 244 valence electrons. The Kier molecular flexibility index (Phi) is 9.14. The quantitative estimate of drug-likeness (QED) is 0.319. The lowest BCUT2D eigenvalue weighted by atomic mass is 9.83. The highest BCUT2D eigenvalue weighted by Crippen LogP contribution is 2.41. The summed E-state index contributed by atoms with van der Waals surface area (Å²) >= 11 is 0. The van der Waals surface area contributed by atoms with E-state index in [9.17, 15) is 18.0 Å². The van der Waals surface area contributed by atoms with Crippen molar-refractivity contribution in [3.05, 3.63) is 83.1 Å². The number of anilines is 2. The van der Waals surface area contributed by atoms with Gasteiger partial charge in [-0.15, -0.1) is 0 Å². The predicted octanol–water partition coefficient (Wildman–Crippen LogP) is 5.50. The first-order valence-electron chi connectivity index (χ1n) is 15.9. The Bertz CT molecular complexity index is 1780. The second-order valence-electron chi connectivity index (χ2n) is 14.3. The number of Topliss-reactive ketones (excluding diaryl/α,β-unsaturated/α-hetero) is 1. The normalized spacial score (nSPS) is 18.4. The second kappa shape index (κ2) is 12.6. The first-order valence-corrected chi connectivity index (χ1v) is 17.5. The van der Waals surface area contributed by atoms with E-state index in [4.69, 9.17) is 10.7 Å². The molecule has 1 fully saturated rings. The van der Waals surface area contributed by atoms with E-state index in [-0.39, 0.29) is 33.3 Å². The minimum absolute atomic E-state index is 0.0626. The average Bonchev–Trinajstić information content (AvgIpc) is 3.27. The summed E-state index contributed by atoms with van der Waals surface area (Å²) in [5.74, 6) is -0.275. The van der Waals surface area contributed by atoms with E-state index in [1.54, 1.807) is 0 Å². The molecule has 9 nitrogen and oxygen atoms in total. The fourth-order valence-electron chi connectivity index (χ4n) is 6.64. The minimum Gasteiger partial charge on any atom is -0.384 e. The smallest absolute Gasteiger partial charge is 0.227 e. The van der Waals surface area contributed by atoms with Crippen LogP contribution in [0.1, 0.15) is 81.6 Å². The first-order chi connectivity index (χ1) is 21.5. The number of rotatable bonds is 8. The third-order valence-corrected chi connectivity index (χ3v) is 10.3. The molecular formula is C36H45N5O4S. The lowest BCUT2D eigenvalue weighted by molar-refractivity contribution is -0.130. The number of amides is 1. The van der Waals surface area contributed by atoms with Crippen molar-refractivity contribution in [3.8, 4) is 0 Å². The number of carbonyl (C=O) groups excluding carboxylic acids is 2. The van der Waals surface area contributed by atoms with E-state index in [0.29, 0.717) is 44.2 Å². The number of sulfone groups is 1. The van der Waals surface area contributed by atoms with Crippen LogP contribution in [0, 0.1) is 5.92 Å². The number of pyridine rings is 2. The number of carbonyl (C=O) groups is 2. The van der Waals surface area contributed by atoms with Crippen LogP contribution in [-0.4, -0.2) is 65.9 Å². The number of nitrogens with two attached hydrogens (primary N) is 1. The molecular weight excluding hydrogens is 598 g/mol. The summed E-state index contributed by atoms with van der Waals surface area (Å²) in [5.41, 5.74) is 9.02. The van der Waals surface area contributed by atoms with Gasteiger partial charge in [0.25, 0.3) is 0 Å². The van der Waals surface area contributed by atoms with Gasteiger partial charge in [0.2, 0.25) is 15.7 Å². The Hall–Kier alpha value is -4.05. The summed E-state index contributed by atoms with van der Waals surface area (Å²) in [6, 6.07) is 15.9. The highest BCUT2D eigenvalue weighted by Gasteiger charge is 2.40. The number of ketones is 1. The monoisotopic (exact) mass is 643 g/mol. The average molecular weight is 644 g/mol. The number of nitrogens with zero attached hydrogens (tertiary/aromatic N) is 4. The molecule has 46 heavy (non-hydrogen) atoms. The van der Waals surface area contributed by atoms with E-state index in [2.05, 4.69) is 51.4 Å². The summed E-state index contributed by atoms with van der Waals surface area (Å²) < 4.78 is 26.8. The maximum Gasteiger partial charge on any atom is 0.227 e. The summed E-state index contributed by atoms with van der Waals surface area (Å²) in [6.07, 6.45) is 3.89. The molecule has 2 aliphatic rings. The van der Waals surface area contributed by atoms with Gasteiger partial charge in [-0.25, -0.2) is 18.4 Å². The molecule has 5 rings (SSSR count). The van der Waals surface area contributed by atoms with Crippen LogP contribution in [0.5, 0.6) is 0 Å². The molecule has 3 aromatic rings. The largest absolute Gasteiger partial charge is 0.384 e. The molecule has 0 bridgehead atoms. The van der Waals surface area contributed by atoms with Crippen molar-refractivity contribution in [3.63, 3.8) is 0 Å². The maximum absolute atomic E-state index is 14.1. The second-order valence-corrected chi connectivity index (χ2v) is 16.2. The first kappa shape index (κ1) is 33.3. The van der Waals surface area contributed by atoms with Crippen LogP contribution in [0.4, 0.5) is 11.6 Å². The molecule has 1 amide bonds. The number of nitrogen functional groups attached to an aromatic ring is 1. The number of hydrogen-bond acceptors (Lipinski definition) is 8. The van der Waals surface area contributed by atoms with Crippen molar-refractivity contribution in [2.24, 2.45) is 5.92 Å². The van der Waals surface area contributed by atoms with E-state index in [0.717, 1.165) is 28.8 Å². The Morgan fingerprint density at radius 1 is 1.04 bits per heavy atom. The molecule has 4 heterocycles.